The van der Waals surface area contributed by atoms with Crippen molar-refractivity contribution in [2.75, 3.05) is 26.3 Å². The van der Waals surface area contributed by atoms with E-state index in [0.717, 1.165) is 26.0 Å². The molecule has 0 radical (unpaired) electrons. The lowest BCUT2D eigenvalue weighted by Gasteiger charge is -2.27. The maximum Gasteiger partial charge on any atom is 0.223 e. The van der Waals surface area contributed by atoms with Crippen LogP contribution >= 0.6 is 0 Å². The average Bonchev–Trinajstić information content (AvgIpc) is 2.61. The molecule has 0 aliphatic carbocycles. The highest BCUT2D eigenvalue weighted by molar-refractivity contribution is 5.78. The number of hydrogen-bond donors (Lipinski definition) is 1. The molecule has 4 nitrogen and oxygen atoms in total. The quantitative estimate of drug-likeness (QED) is 0.738. The Morgan fingerprint density at radius 2 is 2.33 bits per heavy atom. The fourth-order valence-corrected chi connectivity index (χ4v) is 2.35. The van der Waals surface area contributed by atoms with Crippen molar-refractivity contribution in [2.45, 2.75) is 31.8 Å². The Hall–Kier alpha value is -0.610. The summed E-state index contributed by atoms with van der Waals surface area (Å²) >= 11 is 0. The van der Waals surface area contributed by atoms with E-state index >= 15 is 0 Å². The number of rotatable bonds is 3. The monoisotopic (exact) mass is 213 g/mol. The first-order valence-electron chi connectivity index (χ1n) is 5.80. The standard InChI is InChI=1S/C11H19NO3/c13-8-9-5-11(14)12(6-9)7-10-3-1-2-4-15-10/h9-10,13H,1-8H2. The van der Waals surface area contributed by atoms with Gasteiger partial charge in [-0.3, -0.25) is 4.79 Å². The molecule has 4 heteroatoms. The highest BCUT2D eigenvalue weighted by atomic mass is 16.5. The highest BCUT2D eigenvalue weighted by Crippen LogP contribution is 2.20. The molecule has 0 saturated carbocycles. The van der Waals surface area contributed by atoms with Crippen molar-refractivity contribution >= 4 is 5.91 Å². The van der Waals surface area contributed by atoms with Crippen LogP contribution in [0, 0.1) is 5.92 Å². The van der Waals surface area contributed by atoms with Crippen molar-refractivity contribution in [3.63, 3.8) is 0 Å². The molecule has 0 spiro atoms. The number of amides is 1. The molecule has 0 aromatic rings. The third kappa shape index (κ3) is 2.69. The number of hydrogen-bond acceptors (Lipinski definition) is 3. The van der Waals surface area contributed by atoms with E-state index < -0.39 is 0 Å². The van der Waals surface area contributed by atoms with Crippen LogP contribution in [0.25, 0.3) is 0 Å². The summed E-state index contributed by atoms with van der Waals surface area (Å²) in [6, 6.07) is 0. The van der Waals surface area contributed by atoms with Crippen LogP contribution in [0.3, 0.4) is 0 Å². The fourth-order valence-electron chi connectivity index (χ4n) is 2.35. The molecule has 2 heterocycles. The minimum atomic E-state index is 0.119. The van der Waals surface area contributed by atoms with Gasteiger partial charge in [0, 0.05) is 38.6 Å². The second-order valence-corrected chi connectivity index (χ2v) is 4.54. The van der Waals surface area contributed by atoms with Gasteiger partial charge in [0.1, 0.15) is 0 Å². The van der Waals surface area contributed by atoms with Crippen molar-refractivity contribution in [1.82, 2.24) is 4.90 Å². The summed E-state index contributed by atoms with van der Waals surface area (Å²) in [4.78, 5) is 13.4. The van der Waals surface area contributed by atoms with E-state index in [-0.39, 0.29) is 24.5 Å². The Morgan fingerprint density at radius 1 is 1.47 bits per heavy atom. The third-order valence-electron chi connectivity index (χ3n) is 3.25. The zero-order valence-electron chi connectivity index (χ0n) is 9.02. The van der Waals surface area contributed by atoms with E-state index in [9.17, 15) is 4.79 Å². The zero-order chi connectivity index (χ0) is 10.7. The number of carbonyl (C=O) groups is 1. The normalized spacial score (nSPS) is 32.3. The first-order chi connectivity index (χ1) is 7.29. The maximum atomic E-state index is 11.6. The molecule has 2 atom stereocenters. The second kappa shape index (κ2) is 4.94. The van der Waals surface area contributed by atoms with E-state index in [0.29, 0.717) is 13.0 Å². The summed E-state index contributed by atoms with van der Waals surface area (Å²) in [6.07, 6.45) is 4.14. The van der Waals surface area contributed by atoms with Crippen molar-refractivity contribution in [2.24, 2.45) is 5.92 Å². The minimum absolute atomic E-state index is 0.119. The lowest BCUT2D eigenvalue weighted by molar-refractivity contribution is -0.130. The van der Waals surface area contributed by atoms with Crippen LogP contribution in [0.2, 0.25) is 0 Å². The van der Waals surface area contributed by atoms with Crippen LogP contribution in [0.1, 0.15) is 25.7 Å². The molecule has 2 unspecified atom stereocenters. The molecule has 0 aromatic carbocycles. The summed E-state index contributed by atoms with van der Waals surface area (Å²) in [5.41, 5.74) is 0. The summed E-state index contributed by atoms with van der Waals surface area (Å²) in [7, 11) is 0. The van der Waals surface area contributed by atoms with Gasteiger partial charge >= 0.3 is 0 Å². The second-order valence-electron chi connectivity index (χ2n) is 4.54. The van der Waals surface area contributed by atoms with Crippen molar-refractivity contribution in [1.29, 1.82) is 0 Å². The van der Waals surface area contributed by atoms with Crippen molar-refractivity contribution in [3.05, 3.63) is 0 Å². The lowest BCUT2D eigenvalue weighted by Crippen LogP contribution is -2.36. The number of likely N-dealkylation sites (tertiary alicyclic amines) is 1. The molecule has 2 fully saturated rings. The molecule has 2 aliphatic heterocycles. The smallest absolute Gasteiger partial charge is 0.223 e. The van der Waals surface area contributed by atoms with Gasteiger partial charge in [0.2, 0.25) is 5.91 Å². The third-order valence-corrected chi connectivity index (χ3v) is 3.25. The van der Waals surface area contributed by atoms with E-state index in [2.05, 4.69) is 0 Å². The summed E-state index contributed by atoms with van der Waals surface area (Å²) in [5.74, 6) is 0.310. The Labute approximate surface area is 90.2 Å². The van der Waals surface area contributed by atoms with E-state index in [1.807, 2.05) is 4.90 Å². The number of nitrogens with zero attached hydrogens (tertiary/aromatic N) is 1. The number of aliphatic hydroxyl groups excluding tert-OH is 1. The molecule has 15 heavy (non-hydrogen) atoms. The molecule has 1 amide bonds. The SMILES string of the molecule is O=C1CC(CO)CN1CC1CCCCO1. The topological polar surface area (TPSA) is 49.8 Å². The molecule has 2 saturated heterocycles. The summed E-state index contributed by atoms with van der Waals surface area (Å²) < 4.78 is 5.60. The Balaban J connectivity index is 1.81. The minimum Gasteiger partial charge on any atom is -0.396 e. The predicted molar refractivity (Wildman–Crippen MR) is 55.4 cm³/mol. The Kier molecular flexibility index (Phi) is 3.59. The van der Waals surface area contributed by atoms with Gasteiger partial charge in [-0.25, -0.2) is 0 Å². The molecule has 86 valence electrons. The molecular formula is C11H19NO3. The largest absolute Gasteiger partial charge is 0.396 e. The number of ether oxygens (including phenoxy) is 1. The van der Waals surface area contributed by atoms with Gasteiger partial charge in [-0.15, -0.1) is 0 Å². The van der Waals surface area contributed by atoms with Crippen LogP contribution in [-0.2, 0) is 9.53 Å². The molecule has 0 bridgehead atoms. The van der Waals surface area contributed by atoms with Gasteiger partial charge in [-0.05, 0) is 19.3 Å². The van der Waals surface area contributed by atoms with Crippen LogP contribution < -0.4 is 0 Å². The molecule has 2 aliphatic rings. The molecule has 1 N–H and O–H groups in total. The van der Waals surface area contributed by atoms with Gasteiger partial charge in [0.05, 0.1) is 6.10 Å². The highest BCUT2D eigenvalue weighted by Gasteiger charge is 2.31. The van der Waals surface area contributed by atoms with Crippen LogP contribution in [-0.4, -0.2) is 48.3 Å². The van der Waals surface area contributed by atoms with Crippen LogP contribution in [0.5, 0.6) is 0 Å². The first-order valence-corrected chi connectivity index (χ1v) is 5.80. The van der Waals surface area contributed by atoms with Crippen molar-refractivity contribution in [3.8, 4) is 0 Å². The first kappa shape index (κ1) is 10.9. The Morgan fingerprint density at radius 3 is 2.93 bits per heavy atom. The lowest BCUT2D eigenvalue weighted by atomic mass is 10.1. The molecule has 0 aromatic heterocycles. The van der Waals surface area contributed by atoms with Gasteiger partial charge in [0.15, 0.2) is 0 Å². The van der Waals surface area contributed by atoms with Gasteiger partial charge < -0.3 is 14.7 Å². The van der Waals surface area contributed by atoms with Gasteiger partial charge in [0.25, 0.3) is 0 Å². The average molecular weight is 213 g/mol. The molecular weight excluding hydrogens is 194 g/mol. The summed E-state index contributed by atoms with van der Waals surface area (Å²) in [5, 5.41) is 9.00. The van der Waals surface area contributed by atoms with Gasteiger partial charge in [-0.1, -0.05) is 0 Å². The Bertz CT molecular complexity index is 226. The number of carbonyl (C=O) groups excluding carboxylic acids is 1. The maximum absolute atomic E-state index is 11.6. The van der Waals surface area contributed by atoms with Crippen LogP contribution in [0.4, 0.5) is 0 Å². The predicted octanol–water partition coefficient (Wildman–Crippen LogP) is 0.396. The van der Waals surface area contributed by atoms with Crippen molar-refractivity contribution < 1.29 is 14.6 Å². The summed E-state index contributed by atoms with van der Waals surface area (Å²) in [6.45, 7) is 2.37. The zero-order valence-corrected chi connectivity index (χ0v) is 9.02. The molecule has 2 rings (SSSR count). The van der Waals surface area contributed by atoms with Crippen LogP contribution in [0.15, 0.2) is 0 Å². The van der Waals surface area contributed by atoms with Gasteiger partial charge in [-0.2, -0.15) is 0 Å². The fraction of sp³-hybridized carbons (Fsp3) is 0.909. The number of aliphatic hydroxyl groups is 1. The van der Waals surface area contributed by atoms with E-state index in [1.54, 1.807) is 0 Å². The van der Waals surface area contributed by atoms with E-state index in [4.69, 9.17) is 9.84 Å². The van der Waals surface area contributed by atoms with E-state index in [1.165, 1.54) is 6.42 Å².